The molecule has 0 aliphatic heterocycles. The molecule has 0 radical (unpaired) electrons. The van der Waals surface area contributed by atoms with Gasteiger partial charge in [0.1, 0.15) is 5.75 Å². The van der Waals surface area contributed by atoms with Gasteiger partial charge in [0.2, 0.25) is 0 Å². The number of carboxylic acids is 1. The third kappa shape index (κ3) is 4.45. The quantitative estimate of drug-likeness (QED) is 0.502. The second kappa shape index (κ2) is 7.03. The van der Waals surface area contributed by atoms with E-state index in [0.29, 0.717) is 5.75 Å². The molecule has 2 aromatic carbocycles. The van der Waals surface area contributed by atoms with Crippen molar-refractivity contribution < 1.29 is 19.6 Å². The van der Waals surface area contributed by atoms with Crippen LogP contribution >= 0.6 is 0 Å². The van der Waals surface area contributed by atoms with Gasteiger partial charge < -0.3 is 9.84 Å². The summed E-state index contributed by atoms with van der Waals surface area (Å²) in [6, 6.07) is 13.2. The van der Waals surface area contributed by atoms with Crippen LogP contribution in [0.5, 0.6) is 5.75 Å². The predicted molar refractivity (Wildman–Crippen MR) is 81.6 cm³/mol. The maximum atomic E-state index is 10.6. The minimum atomic E-state index is -1.03. The fourth-order valence-corrected chi connectivity index (χ4v) is 1.72. The van der Waals surface area contributed by atoms with Crippen LogP contribution in [0, 0.1) is 10.1 Å². The van der Waals surface area contributed by atoms with Gasteiger partial charge in [-0.15, -0.1) is 0 Å². The second-order valence-electron chi connectivity index (χ2n) is 4.43. The van der Waals surface area contributed by atoms with Crippen molar-refractivity contribution in [3.8, 4) is 5.75 Å². The summed E-state index contributed by atoms with van der Waals surface area (Å²) in [5.74, 6) is -0.544. The SMILES string of the molecule is O=C(O)COc1ccc(C=Cc2ccc([N+](=O)[O-])cc2)cc1. The first kappa shape index (κ1) is 15.2. The van der Waals surface area contributed by atoms with Crippen molar-refractivity contribution in [1.29, 1.82) is 0 Å². The molecule has 2 aromatic rings. The van der Waals surface area contributed by atoms with Crippen LogP contribution in [-0.2, 0) is 4.79 Å². The molecule has 6 heteroatoms. The van der Waals surface area contributed by atoms with Crippen LogP contribution in [0.1, 0.15) is 11.1 Å². The van der Waals surface area contributed by atoms with Gasteiger partial charge in [-0.1, -0.05) is 24.3 Å². The molecule has 1 N–H and O–H groups in total. The van der Waals surface area contributed by atoms with E-state index in [-0.39, 0.29) is 12.3 Å². The summed E-state index contributed by atoms with van der Waals surface area (Å²) in [4.78, 5) is 20.5. The normalized spacial score (nSPS) is 10.5. The average molecular weight is 299 g/mol. The molecule has 0 saturated carbocycles. The van der Waals surface area contributed by atoms with Crippen molar-refractivity contribution in [3.63, 3.8) is 0 Å². The number of nitro groups is 1. The summed E-state index contributed by atoms with van der Waals surface area (Å²) >= 11 is 0. The molecule has 0 amide bonds. The fraction of sp³-hybridized carbons (Fsp3) is 0.0625. The molecule has 22 heavy (non-hydrogen) atoms. The van der Waals surface area contributed by atoms with E-state index in [0.717, 1.165) is 11.1 Å². The topological polar surface area (TPSA) is 89.7 Å². The van der Waals surface area contributed by atoms with Crippen molar-refractivity contribution in [3.05, 3.63) is 69.8 Å². The van der Waals surface area contributed by atoms with Gasteiger partial charge in [-0.2, -0.15) is 0 Å². The van der Waals surface area contributed by atoms with Crippen LogP contribution in [0.25, 0.3) is 12.2 Å². The largest absolute Gasteiger partial charge is 0.482 e. The molecule has 0 heterocycles. The molecular formula is C16H13NO5. The minimum absolute atomic E-state index is 0.0529. The van der Waals surface area contributed by atoms with Gasteiger partial charge >= 0.3 is 5.97 Å². The molecule has 0 aromatic heterocycles. The number of ether oxygens (including phenoxy) is 1. The van der Waals surface area contributed by atoms with Gasteiger partial charge in [0.15, 0.2) is 6.61 Å². The van der Waals surface area contributed by atoms with Crippen molar-refractivity contribution in [2.24, 2.45) is 0 Å². The summed E-state index contributed by atoms with van der Waals surface area (Å²) in [5, 5.41) is 19.1. The molecule has 0 saturated heterocycles. The van der Waals surface area contributed by atoms with Gasteiger partial charge in [-0.25, -0.2) is 4.79 Å². The summed E-state index contributed by atoms with van der Waals surface area (Å²) < 4.78 is 5.03. The molecule has 0 spiro atoms. The minimum Gasteiger partial charge on any atom is -0.482 e. The number of hydrogen-bond acceptors (Lipinski definition) is 4. The number of hydrogen-bond donors (Lipinski definition) is 1. The summed E-state index contributed by atoms with van der Waals surface area (Å²) in [6.45, 7) is -0.377. The molecule has 0 fully saturated rings. The van der Waals surface area contributed by atoms with Gasteiger partial charge in [0.05, 0.1) is 4.92 Å². The molecule has 0 unspecified atom stereocenters. The lowest BCUT2D eigenvalue weighted by Crippen LogP contribution is -2.09. The maximum Gasteiger partial charge on any atom is 0.341 e. The Labute approximate surface area is 126 Å². The first-order chi connectivity index (χ1) is 10.5. The maximum absolute atomic E-state index is 10.6. The third-order valence-corrected chi connectivity index (χ3v) is 2.81. The number of carbonyl (C=O) groups is 1. The fourth-order valence-electron chi connectivity index (χ4n) is 1.72. The Kier molecular flexibility index (Phi) is 4.87. The van der Waals surface area contributed by atoms with Crippen LogP contribution in [0.4, 0.5) is 5.69 Å². The van der Waals surface area contributed by atoms with Crippen LogP contribution in [0.15, 0.2) is 48.5 Å². The van der Waals surface area contributed by atoms with E-state index in [2.05, 4.69) is 0 Å². The lowest BCUT2D eigenvalue weighted by Gasteiger charge is -2.02. The molecular weight excluding hydrogens is 286 g/mol. The van der Waals surface area contributed by atoms with Crippen LogP contribution in [0.2, 0.25) is 0 Å². The molecule has 6 nitrogen and oxygen atoms in total. The Balaban J connectivity index is 2.00. The smallest absolute Gasteiger partial charge is 0.341 e. The van der Waals surface area contributed by atoms with E-state index in [1.54, 1.807) is 36.4 Å². The Morgan fingerprint density at radius 1 is 1.05 bits per heavy atom. The predicted octanol–water partition coefficient (Wildman–Crippen LogP) is 3.23. The summed E-state index contributed by atoms with van der Waals surface area (Å²) in [5.41, 5.74) is 1.80. The zero-order valence-corrected chi connectivity index (χ0v) is 11.5. The highest BCUT2D eigenvalue weighted by atomic mass is 16.6. The highest BCUT2D eigenvalue weighted by molar-refractivity contribution is 5.70. The van der Waals surface area contributed by atoms with Gasteiger partial charge in [0, 0.05) is 12.1 Å². The first-order valence-corrected chi connectivity index (χ1v) is 6.42. The van der Waals surface area contributed by atoms with E-state index in [4.69, 9.17) is 9.84 Å². The van der Waals surface area contributed by atoms with Crippen molar-refractivity contribution in [2.45, 2.75) is 0 Å². The monoisotopic (exact) mass is 299 g/mol. The van der Waals surface area contributed by atoms with E-state index >= 15 is 0 Å². The molecule has 0 bridgehead atoms. The second-order valence-corrected chi connectivity index (χ2v) is 4.43. The van der Waals surface area contributed by atoms with Gasteiger partial charge in [0.25, 0.3) is 5.69 Å². The highest BCUT2D eigenvalue weighted by Gasteiger charge is 2.02. The number of nitrogens with zero attached hydrogens (tertiary/aromatic N) is 1. The standard InChI is InChI=1S/C16H13NO5/c18-16(19)11-22-15-9-5-13(6-10-15)2-1-12-3-7-14(8-4-12)17(20)21/h1-10H,11H2,(H,18,19). The number of carboxylic acid groups (broad SMARTS) is 1. The summed E-state index contributed by atoms with van der Waals surface area (Å²) in [6.07, 6.45) is 3.68. The molecule has 112 valence electrons. The van der Waals surface area contributed by atoms with E-state index in [9.17, 15) is 14.9 Å². The molecule has 2 rings (SSSR count). The van der Waals surface area contributed by atoms with Crippen LogP contribution in [-0.4, -0.2) is 22.6 Å². The van der Waals surface area contributed by atoms with Crippen LogP contribution in [0.3, 0.4) is 0 Å². The van der Waals surface area contributed by atoms with Crippen molar-refractivity contribution in [1.82, 2.24) is 0 Å². The highest BCUT2D eigenvalue weighted by Crippen LogP contribution is 2.16. The number of rotatable bonds is 6. The Morgan fingerprint density at radius 2 is 1.55 bits per heavy atom. The Hall–Kier alpha value is -3.15. The number of nitro benzene ring substituents is 1. The lowest BCUT2D eigenvalue weighted by atomic mass is 10.1. The summed E-state index contributed by atoms with van der Waals surface area (Å²) in [7, 11) is 0. The molecule has 0 aliphatic carbocycles. The van der Waals surface area contributed by atoms with Gasteiger partial charge in [-0.05, 0) is 35.4 Å². The number of benzene rings is 2. The Bertz CT molecular complexity index is 689. The van der Waals surface area contributed by atoms with E-state index < -0.39 is 10.9 Å². The third-order valence-electron chi connectivity index (χ3n) is 2.81. The van der Waals surface area contributed by atoms with E-state index in [1.165, 1.54) is 12.1 Å². The average Bonchev–Trinajstić information content (AvgIpc) is 2.52. The zero-order valence-electron chi connectivity index (χ0n) is 11.5. The zero-order chi connectivity index (χ0) is 15.9. The molecule has 0 atom stereocenters. The van der Waals surface area contributed by atoms with E-state index in [1.807, 2.05) is 12.2 Å². The number of aliphatic carboxylic acids is 1. The first-order valence-electron chi connectivity index (χ1n) is 6.42. The number of non-ortho nitro benzene ring substituents is 1. The van der Waals surface area contributed by atoms with Gasteiger partial charge in [-0.3, -0.25) is 10.1 Å². The lowest BCUT2D eigenvalue weighted by molar-refractivity contribution is -0.384. The molecule has 0 aliphatic rings. The van der Waals surface area contributed by atoms with Crippen molar-refractivity contribution in [2.75, 3.05) is 6.61 Å². The Morgan fingerprint density at radius 3 is 2.00 bits per heavy atom. The van der Waals surface area contributed by atoms with Crippen LogP contribution < -0.4 is 4.74 Å². The van der Waals surface area contributed by atoms with Crippen molar-refractivity contribution >= 4 is 23.8 Å².